The van der Waals surface area contributed by atoms with Gasteiger partial charge in [-0.05, 0) is 35.7 Å². The Kier molecular flexibility index (Phi) is 8.53. The number of nitrogens with one attached hydrogen (secondary N) is 1. The van der Waals surface area contributed by atoms with E-state index in [1.54, 1.807) is 7.11 Å². The molecule has 6 nitrogen and oxygen atoms in total. The molecule has 1 heterocycles. The van der Waals surface area contributed by atoms with E-state index in [1.165, 1.54) is 11.1 Å². The summed E-state index contributed by atoms with van der Waals surface area (Å²) >= 11 is 0. The highest BCUT2D eigenvalue weighted by molar-refractivity contribution is 5.80. The third-order valence-electron chi connectivity index (χ3n) is 5.22. The Balaban J connectivity index is 1.56. The van der Waals surface area contributed by atoms with Gasteiger partial charge in [0.05, 0.1) is 19.8 Å². The summed E-state index contributed by atoms with van der Waals surface area (Å²) < 4.78 is 16.9. The molecule has 1 aliphatic heterocycles. The van der Waals surface area contributed by atoms with Gasteiger partial charge in [-0.15, -0.1) is 0 Å². The maximum absolute atomic E-state index is 6.05. The fourth-order valence-corrected chi connectivity index (χ4v) is 3.63. The van der Waals surface area contributed by atoms with Gasteiger partial charge >= 0.3 is 0 Å². The van der Waals surface area contributed by atoms with Crippen molar-refractivity contribution < 1.29 is 14.2 Å². The zero-order chi connectivity index (χ0) is 21.2. The molecule has 0 amide bonds. The predicted molar refractivity (Wildman–Crippen MR) is 120 cm³/mol. The van der Waals surface area contributed by atoms with Gasteiger partial charge in [0.25, 0.3) is 0 Å². The summed E-state index contributed by atoms with van der Waals surface area (Å²) in [7, 11) is 3.53. The Morgan fingerprint density at radius 1 is 1.20 bits per heavy atom. The molecular formula is C24H33N3O3. The Hall–Kier alpha value is -2.57. The molecule has 30 heavy (non-hydrogen) atoms. The van der Waals surface area contributed by atoms with E-state index in [2.05, 4.69) is 58.5 Å². The lowest BCUT2D eigenvalue weighted by Gasteiger charge is -2.35. The minimum atomic E-state index is 0.0577. The highest BCUT2D eigenvalue weighted by Crippen LogP contribution is 2.25. The molecule has 162 valence electrons. The standard InChI is InChI=1S/C24H33N3O3/c1-19-8-4-5-11-22(19)23-18-27(12-15-30-23)24(25-2)26-17-20-9-6-10-21(16-20)29-14-7-13-28-3/h4-6,8-11,16,23H,7,12-15,17-18H2,1-3H3,(H,25,26). The Morgan fingerprint density at radius 3 is 2.87 bits per heavy atom. The number of ether oxygens (including phenoxy) is 3. The number of hydrogen-bond donors (Lipinski definition) is 1. The van der Waals surface area contributed by atoms with E-state index in [0.29, 0.717) is 26.4 Å². The van der Waals surface area contributed by atoms with Crippen LogP contribution in [0, 0.1) is 6.92 Å². The molecule has 1 unspecified atom stereocenters. The van der Waals surface area contributed by atoms with Crippen molar-refractivity contribution in [2.24, 2.45) is 4.99 Å². The molecule has 3 rings (SSSR count). The third-order valence-corrected chi connectivity index (χ3v) is 5.22. The summed E-state index contributed by atoms with van der Waals surface area (Å²) in [5.74, 6) is 1.77. The molecule has 1 atom stereocenters. The number of morpholine rings is 1. The van der Waals surface area contributed by atoms with Crippen LogP contribution in [0.25, 0.3) is 0 Å². The number of benzene rings is 2. The SMILES string of the molecule is CN=C(NCc1cccc(OCCCOC)c1)N1CCOC(c2ccccc2C)C1. The van der Waals surface area contributed by atoms with Crippen LogP contribution in [-0.4, -0.2) is 57.9 Å². The number of nitrogens with zero attached hydrogens (tertiary/aromatic N) is 2. The van der Waals surface area contributed by atoms with Crippen LogP contribution in [0.2, 0.25) is 0 Å². The lowest BCUT2D eigenvalue weighted by Crippen LogP contribution is -2.48. The Morgan fingerprint density at radius 2 is 2.07 bits per heavy atom. The number of guanidine groups is 1. The Bertz CT molecular complexity index is 825. The Labute approximate surface area is 179 Å². The first-order chi connectivity index (χ1) is 14.7. The smallest absolute Gasteiger partial charge is 0.194 e. The van der Waals surface area contributed by atoms with Crippen LogP contribution in [0.15, 0.2) is 53.5 Å². The van der Waals surface area contributed by atoms with E-state index in [1.807, 2.05) is 19.2 Å². The first-order valence-electron chi connectivity index (χ1n) is 10.5. The largest absolute Gasteiger partial charge is 0.493 e. The van der Waals surface area contributed by atoms with Crippen molar-refractivity contribution in [3.8, 4) is 5.75 Å². The molecule has 0 spiro atoms. The number of methoxy groups -OCH3 is 1. The summed E-state index contributed by atoms with van der Waals surface area (Å²) in [4.78, 5) is 6.77. The zero-order valence-corrected chi connectivity index (χ0v) is 18.3. The van der Waals surface area contributed by atoms with E-state index >= 15 is 0 Å². The van der Waals surface area contributed by atoms with Crippen molar-refractivity contribution in [3.05, 3.63) is 65.2 Å². The highest BCUT2D eigenvalue weighted by atomic mass is 16.5. The van der Waals surface area contributed by atoms with Gasteiger partial charge in [0, 0.05) is 40.3 Å². The first kappa shape index (κ1) is 22.1. The molecule has 1 fully saturated rings. The van der Waals surface area contributed by atoms with E-state index in [-0.39, 0.29) is 6.10 Å². The van der Waals surface area contributed by atoms with Crippen LogP contribution in [0.1, 0.15) is 29.2 Å². The average molecular weight is 412 g/mol. The van der Waals surface area contributed by atoms with Gasteiger partial charge in [-0.2, -0.15) is 0 Å². The fraction of sp³-hybridized carbons (Fsp3) is 0.458. The van der Waals surface area contributed by atoms with Crippen LogP contribution >= 0.6 is 0 Å². The van der Waals surface area contributed by atoms with Gasteiger partial charge in [0.15, 0.2) is 5.96 Å². The van der Waals surface area contributed by atoms with Crippen molar-refractivity contribution >= 4 is 5.96 Å². The summed E-state index contributed by atoms with van der Waals surface area (Å²) in [5, 5.41) is 3.49. The molecule has 0 aromatic heterocycles. The molecule has 2 aromatic rings. The monoisotopic (exact) mass is 411 g/mol. The second kappa shape index (κ2) is 11.6. The quantitative estimate of drug-likeness (QED) is 0.409. The van der Waals surface area contributed by atoms with Crippen LogP contribution in [0.3, 0.4) is 0 Å². The zero-order valence-electron chi connectivity index (χ0n) is 18.3. The van der Waals surface area contributed by atoms with E-state index in [4.69, 9.17) is 14.2 Å². The molecule has 6 heteroatoms. The highest BCUT2D eigenvalue weighted by Gasteiger charge is 2.25. The number of aryl methyl sites for hydroxylation is 1. The predicted octanol–water partition coefficient (Wildman–Crippen LogP) is 3.56. The van der Waals surface area contributed by atoms with Crippen LogP contribution < -0.4 is 10.1 Å². The topological polar surface area (TPSA) is 55.3 Å². The minimum absolute atomic E-state index is 0.0577. The lowest BCUT2D eigenvalue weighted by molar-refractivity contribution is -0.00833. The molecule has 0 aliphatic carbocycles. The molecule has 1 saturated heterocycles. The number of aliphatic imine (C=N–C) groups is 1. The van der Waals surface area contributed by atoms with Crippen LogP contribution in [0.4, 0.5) is 0 Å². The molecular weight excluding hydrogens is 378 g/mol. The van der Waals surface area contributed by atoms with Crippen LogP contribution in [0.5, 0.6) is 5.75 Å². The average Bonchev–Trinajstić information content (AvgIpc) is 2.78. The summed E-state index contributed by atoms with van der Waals surface area (Å²) in [6, 6.07) is 16.6. The molecule has 0 saturated carbocycles. The van der Waals surface area contributed by atoms with Gasteiger partial charge < -0.3 is 24.4 Å². The maximum atomic E-state index is 6.05. The molecule has 1 aliphatic rings. The number of rotatable bonds is 8. The van der Waals surface area contributed by atoms with Crippen molar-refractivity contribution in [2.45, 2.75) is 26.0 Å². The fourth-order valence-electron chi connectivity index (χ4n) is 3.63. The van der Waals surface area contributed by atoms with E-state index in [0.717, 1.165) is 36.8 Å². The van der Waals surface area contributed by atoms with Crippen molar-refractivity contribution in [1.82, 2.24) is 10.2 Å². The molecule has 2 aromatic carbocycles. The first-order valence-corrected chi connectivity index (χ1v) is 10.5. The maximum Gasteiger partial charge on any atom is 0.194 e. The van der Waals surface area contributed by atoms with Gasteiger partial charge in [-0.3, -0.25) is 4.99 Å². The van der Waals surface area contributed by atoms with Gasteiger partial charge in [0.1, 0.15) is 11.9 Å². The second-order valence-electron chi connectivity index (χ2n) is 7.41. The summed E-state index contributed by atoms with van der Waals surface area (Å²) in [6.07, 6.45) is 0.937. The van der Waals surface area contributed by atoms with Crippen molar-refractivity contribution in [3.63, 3.8) is 0 Å². The number of hydrogen-bond acceptors (Lipinski definition) is 4. The molecule has 1 N–H and O–H groups in total. The normalized spacial score (nSPS) is 17.1. The minimum Gasteiger partial charge on any atom is -0.493 e. The summed E-state index contributed by atoms with van der Waals surface area (Å²) in [5.41, 5.74) is 3.66. The second-order valence-corrected chi connectivity index (χ2v) is 7.41. The van der Waals surface area contributed by atoms with E-state index < -0.39 is 0 Å². The molecule has 0 bridgehead atoms. The van der Waals surface area contributed by atoms with Gasteiger partial charge in [-0.1, -0.05) is 36.4 Å². The third kappa shape index (κ3) is 6.21. The van der Waals surface area contributed by atoms with E-state index in [9.17, 15) is 0 Å². The molecule has 0 radical (unpaired) electrons. The van der Waals surface area contributed by atoms with Crippen molar-refractivity contribution in [2.75, 3.05) is 47.1 Å². The van der Waals surface area contributed by atoms with Gasteiger partial charge in [-0.25, -0.2) is 0 Å². The summed E-state index contributed by atoms with van der Waals surface area (Å²) in [6.45, 7) is 6.48. The van der Waals surface area contributed by atoms with Crippen LogP contribution in [-0.2, 0) is 16.0 Å². The van der Waals surface area contributed by atoms with Crippen molar-refractivity contribution in [1.29, 1.82) is 0 Å². The van der Waals surface area contributed by atoms with Gasteiger partial charge in [0.2, 0.25) is 0 Å². The lowest BCUT2D eigenvalue weighted by atomic mass is 10.0.